The van der Waals surface area contributed by atoms with E-state index in [0.717, 1.165) is 49.0 Å². The number of benzene rings is 1. The highest BCUT2D eigenvalue weighted by Crippen LogP contribution is 2.31. The van der Waals surface area contributed by atoms with E-state index in [0.29, 0.717) is 5.92 Å². The van der Waals surface area contributed by atoms with Crippen LogP contribution in [0.2, 0.25) is 0 Å². The van der Waals surface area contributed by atoms with Crippen LogP contribution in [0.3, 0.4) is 0 Å². The average molecular weight is 372 g/mol. The third kappa shape index (κ3) is 4.61. The summed E-state index contributed by atoms with van der Waals surface area (Å²) < 4.78 is 13.3. The molecule has 1 aromatic carbocycles. The number of aliphatic imine (C=N–C) groups is 1. The van der Waals surface area contributed by atoms with Crippen LogP contribution >= 0.6 is 0 Å². The topological polar surface area (TPSA) is 55.5 Å². The summed E-state index contributed by atoms with van der Waals surface area (Å²) in [6.07, 6.45) is 6.89. The van der Waals surface area contributed by atoms with Crippen LogP contribution in [0.1, 0.15) is 31.7 Å². The first-order valence-electron chi connectivity index (χ1n) is 10.2. The molecule has 1 aliphatic carbocycles. The largest absolute Gasteiger partial charge is 0.361 e. The highest BCUT2D eigenvalue weighted by molar-refractivity contribution is 5.83. The van der Waals surface area contributed by atoms with Gasteiger partial charge in [-0.15, -0.1) is 0 Å². The number of hydrogen-bond acceptors (Lipinski definition) is 2. The first-order valence-corrected chi connectivity index (χ1v) is 10.2. The molecule has 0 amide bonds. The molecule has 27 heavy (non-hydrogen) atoms. The van der Waals surface area contributed by atoms with Crippen molar-refractivity contribution in [2.75, 3.05) is 32.7 Å². The Balaban J connectivity index is 1.28. The van der Waals surface area contributed by atoms with Crippen molar-refractivity contribution >= 4 is 16.9 Å². The summed E-state index contributed by atoms with van der Waals surface area (Å²) >= 11 is 0. The van der Waals surface area contributed by atoms with Crippen molar-refractivity contribution in [3.63, 3.8) is 0 Å². The van der Waals surface area contributed by atoms with Crippen molar-refractivity contribution in [3.8, 4) is 0 Å². The van der Waals surface area contributed by atoms with Crippen molar-refractivity contribution in [1.29, 1.82) is 0 Å². The molecule has 0 radical (unpaired) electrons. The van der Waals surface area contributed by atoms with Crippen molar-refractivity contribution in [3.05, 3.63) is 35.8 Å². The first-order chi connectivity index (χ1) is 13.2. The van der Waals surface area contributed by atoms with Crippen molar-refractivity contribution in [1.82, 2.24) is 20.5 Å². The van der Waals surface area contributed by atoms with E-state index in [9.17, 15) is 4.39 Å². The highest BCUT2D eigenvalue weighted by atomic mass is 19.1. The molecule has 0 bridgehead atoms. The van der Waals surface area contributed by atoms with E-state index in [2.05, 4.69) is 27.4 Å². The Hall–Kier alpha value is -2.08. The molecule has 1 saturated heterocycles. The normalized spacial score (nSPS) is 21.1. The number of guanidine groups is 1. The number of aromatic amines is 1. The van der Waals surface area contributed by atoms with Gasteiger partial charge in [0, 0.05) is 49.3 Å². The maximum atomic E-state index is 13.3. The number of likely N-dealkylation sites (tertiary alicyclic amines) is 1. The second kappa shape index (κ2) is 8.30. The summed E-state index contributed by atoms with van der Waals surface area (Å²) in [4.78, 5) is 10.6. The number of nitrogens with zero attached hydrogens (tertiary/aromatic N) is 2. The third-order valence-electron chi connectivity index (χ3n) is 5.65. The number of H-pyrrole nitrogens is 1. The summed E-state index contributed by atoms with van der Waals surface area (Å²) in [5, 5.41) is 7.88. The van der Waals surface area contributed by atoms with Crippen molar-refractivity contribution < 1.29 is 4.39 Å². The molecule has 2 heterocycles. The van der Waals surface area contributed by atoms with Gasteiger partial charge in [-0.05, 0) is 68.8 Å². The van der Waals surface area contributed by atoms with Crippen LogP contribution in [0.4, 0.5) is 4.39 Å². The minimum absolute atomic E-state index is 0.206. The van der Waals surface area contributed by atoms with E-state index in [1.54, 1.807) is 6.07 Å². The molecule has 2 aromatic rings. The summed E-state index contributed by atoms with van der Waals surface area (Å²) in [5.41, 5.74) is 2.05. The van der Waals surface area contributed by atoms with Gasteiger partial charge in [-0.2, -0.15) is 0 Å². The van der Waals surface area contributed by atoms with E-state index < -0.39 is 0 Å². The molecule has 1 unspecified atom stereocenters. The molecule has 1 saturated carbocycles. The van der Waals surface area contributed by atoms with Crippen LogP contribution in [-0.2, 0) is 6.42 Å². The predicted molar refractivity (Wildman–Crippen MR) is 109 cm³/mol. The zero-order valence-corrected chi connectivity index (χ0v) is 16.1. The SMILES string of the molecule is CCNC(=NCC1CCN(C2CC2)C1)NCCc1c[nH]c2cc(F)ccc12. The molecule has 1 atom stereocenters. The van der Waals surface area contributed by atoms with Gasteiger partial charge in [-0.25, -0.2) is 4.39 Å². The number of halogens is 1. The smallest absolute Gasteiger partial charge is 0.191 e. The van der Waals surface area contributed by atoms with Gasteiger partial charge in [0.1, 0.15) is 5.82 Å². The van der Waals surface area contributed by atoms with E-state index in [1.165, 1.54) is 44.0 Å². The quantitative estimate of drug-likeness (QED) is 0.518. The standard InChI is InChI=1S/C21H30FN5/c1-2-23-21(26-12-15-8-10-27(14-15)18-4-5-18)24-9-7-16-13-25-20-11-17(22)3-6-19(16)20/h3,6,11,13,15,18,25H,2,4-5,7-10,12,14H2,1H3,(H2,23,24,26). The Morgan fingerprint density at radius 3 is 3.00 bits per heavy atom. The molecule has 6 heteroatoms. The van der Waals surface area contributed by atoms with Crippen LogP contribution in [0, 0.1) is 11.7 Å². The van der Waals surface area contributed by atoms with Crippen LogP contribution in [-0.4, -0.2) is 54.6 Å². The summed E-state index contributed by atoms with van der Waals surface area (Å²) in [6.45, 7) is 7.10. The molecular formula is C21H30FN5. The van der Waals surface area contributed by atoms with Crippen LogP contribution in [0.25, 0.3) is 10.9 Å². The highest BCUT2D eigenvalue weighted by Gasteiger charge is 2.34. The minimum Gasteiger partial charge on any atom is -0.361 e. The Bertz CT molecular complexity index is 795. The number of nitrogens with one attached hydrogen (secondary N) is 3. The van der Waals surface area contributed by atoms with Crippen LogP contribution in [0.5, 0.6) is 0 Å². The van der Waals surface area contributed by atoms with Gasteiger partial charge >= 0.3 is 0 Å². The summed E-state index contributed by atoms with van der Waals surface area (Å²) in [7, 11) is 0. The van der Waals surface area contributed by atoms with Gasteiger partial charge in [0.2, 0.25) is 0 Å². The lowest BCUT2D eigenvalue weighted by atomic mass is 10.1. The summed E-state index contributed by atoms with van der Waals surface area (Å²) in [5.74, 6) is 1.38. The fourth-order valence-corrected chi connectivity index (χ4v) is 4.03. The lowest BCUT2D eigenvalue weighted by Crippen LogP contribution is -2.38. The minimum atomic E-state index is -0.206. The maximum Gasteiger partial charge on any atom is 0.191 e. The first kappa shape index (κ1) is 18.3. The summed E-state index contributed by atoms with van der Waals surface area (Å²) in [6, 6.07) is 5.78. The van der Waals surface area contributed by atoms with Gasteiger partial charge in [-0.3, -0.25) is 4.99 Å². The van der Waals surface area contributed by atoms with E-state index in [-0.39, 0.29) is 5.82 Å². The number of fused-ring (bicyclic) bond motifs is 1. The second-order valence-corrected chi connectivity index (χ2v) is 7.78. The Kier molecular flexibility index (Phi) is 5.62. The van der Waals surface area contributed by atoms with E-state index in [4.69, 9.17) is 4.99 Å². The Labute approximate surface area is 160 Å². The third-order valence-corrected chi connectivity index (χ3v) is 5.65. The molecule has 0 spiro atoms. The molecule has 2 aliphatic rings. The Morgan fingerprint density at radius 2 is 2.19 bits per heavy atom. The zero-order valence-electron chi connectivity index (χ0n) is 16.1. The van der Waals surface area contributed by atoms with Gasteiger partial charge in [0.05, 0.1) is 0 Å². The molecular weight excluding hydrogens is 341 g/mol. The fraction of sp³-hybridized carbons (Fsp3) is 0.571. The van der Waals surface area contributed by atoms with Crippen LogP contribution in [0.15, 0.2) is 29.4 Å². The molecule has 1 aliphatic heterocycles. The fourth-order valence-electron chi connectivity index (χ4n) is 4.03. The van der Waals surface area contributed by atoms with E-state index in [1.807, 2.05) is 12.3 Å². The lowest BCUT2D eigenvalue weighted by molar-refractivity contribution is 0.315. The molecule has 146 valence electrons. The molecule has 3 N–H and O–H groups in total. The van der Waals surface area contributed by atoms with Crippen LogP contribution < -0.4 is 10.6 Å². The number of rotatable bonds is 7. The van der Waals surface area contributed by atoms with Crippen molar-refractivity contribution in [2.24, 2.45) is 10.9 Å². The molecule has 2 fully saturated rings. The maximum absolute atomic E-state index is 13.3. The second-order valence-electron chi connectivity index (χ2n) is 7.78. The van der Waals surface area contributed by atoms with Gasteiger partial charge in [-0.1, -0.05) is 0 Å². The lowest BCUT2D eigenvalue weighted by Gasteiger charge is -2.15. The average Bonchev–Trinajstić information content (AvgIpc) is 3.28. The molecule has 5 nitrogen and oxygen atoms in total. The monoisotopic (exact) mass is 371 g/mol. The van der Waals surface area contributed by atoms with Gasteiger partial charge in [0.25, 0.3) is 0 Å². The van der Waals surface area contributed by atoms with Gasteiger partial charge < -0.3 is 20.5 Å². The number of aromatic nitrogens is 1. The van der Waals surface area contributed by atoms with Crippen molar-refractivity contribution in [2.45, 2.75) is 38.6 Å². The number of hydrogen-bond donors (Lipinski definition) is 3. The zero-order chi connectivity index (χ0) is 18.6. The van der Waals surface area contributed by atoms with E-state index >= 15 is 0 Å². The predicted octanol–water partition coefficient (Wildman–Crippen LogP) is 2.89. The molecule has 4 rings (SSSR count). The molecule has 1 aromatic heterocycles. The Morgan fingerprint density at radius 1 is 1.30 bits per heavy atom. The van der Waals surface area contributed by atoms with Gasteiger partial charge in [0.15, 0.2) is 5.96 Å².